The highest BCUT2D eigenvalue weighted by Crippen LogP contribution is 2.33. The fourth-order valence-electron chi connectivity index (χ4n) is 3.46. The molecule has 19 heavy (non-hydrogen) atoms. The van der Waals surface area contributed by atoms with E-state index in [1.54, 1.807) is 0 Å². The number of carbonyl (C=O) groups is 1. The third kappa shape index (κ3) is 4.20. The first kappa shape index (κ1) is 14.8. The molecule has 1 amide bonds. The van der Waals surface area contributed by atoms with Crippen LogP contribution >= 0.6 is 0 Å². The predicted octanol–water partition coefficient (Wildman–Crippen LogP) is 2.95. The van der Waals surface area contributed by atoms with E-state index in [9.17, 15) is 4.79 Å². The van der Waals surface area contributed by atoms with Gasteiger partial charge in [-0.2, -0.15) is 0 Å². The second-order valence-electron chi connectivity index (χ2n) is 7.21. The maximum Gasteiger partial charge on any atom is 0.239 e. The number of rotatable bonds is 3. The zero-order valence-electron chi connectivity index (χ0n) is 12.9. The summed E-state index contributed by atoms with van der Waals surface area (Å²) in [5.41, 5.74) is 0.485. The summed E-state index contributed by atoms with van der Waals surface area (Å²) in [4.78, 5) is 14.3. The van der Waals surface area contributed by atoms with Gasteiger partial charge in [-0.1, -0.05) is 20.3 Å². The van der Waals surface area contributed by atoms with Gasteiger partial charge in [-0.3, -0.25) is 4.79 Å². The van der Waals surface area contributed by atoms with E-state index in [4.69, 9.17) is 0 Å². The Hall–Kier alpha value is -0.570. The van der Waals surface area contributed by atoms with Gasteiger partial charge in [0.25, 0.3) is 0 Å². The molecular weight excluding hydrogens is 236 g/mol. The summed E-state index contributed by atoms with van der Waals surface area (Å²) >= 11 is 0. The largest absolute Gasteiger partial charge is 0.341 e. The van der Waals surface area contributed by atoms with E-state index in [1.807, 2.05) is 11.8 Å². The van der Waals surface area contributed by atoms with Gasteiger partial charge in [0.05, 0.1) is 6.04 Å². The Morgan fingerprint density at radius 1 is 1.16 bits per heavy atom. The molecule has 0 radical (unpaired) electrons. The normalized spacial score (nSPS) is 29.0. The van der Waals surface area contributed by atoms with Crippen molar-refractivity contribution in [3.63, 3.8) is 0 Å². The Morgan fingerprint density at radius 2 is 1.84 bits per heavy atom. The van der Waals surface area contributed by atoms with Gasteiger partial charge in [-0.25, -0.2) is 0 Å². The fraction of sp³-hybridized carbons (Fsp3) is 0.938. The Bertz CT molecular complexity index is 308. The smallest absolute Gasteiger partial charge is 0.239 e. The molecule has 1 saturated heterocycles. The SMILES string of the molecule is CC(NC1CCCC(C)(C)CC1)C(=O)N1CCCC1. The van der Waals surface area contributed by atoms with Crippen molar-refractivity contribution >= 4 is 5.91 Å². The maximum atomic E-state index is 12.3. The van der Waals surface area contributed by atoms with Crippen LogP contribution in [0.15, 0.2) is 0 Å². The number of amides is 1. The maximum absolute atomic E-state index is 12.3. The second kappa shape index (κ2) is 6.25. The van der Waals surface area contributed by atoms with Gasteiger partial charge in [0.1, 0.15) is 0 Å². The van der Waals surface area contributed by atoms with Gasteiger partial charge in [-0.05, 0) is 50.9 Å². The van der Waals surface area contributed by atoms with Crippen LogP contribution in [0.4, 0.5) is 0 Å². The minimum atomic E-state index is -0.00990. The van der Waals surface area contributed by atoms with Gasteiger partial charge >= 0.3 is 0 Å². The summed E-state index contributed by atoms with van der Waals surface area (Å²) in [5, 5.41) is 3.58. The predicted molar refractivity (Wildman–Crippen MR) is 79.1 cm³/mol. The Kier molecular flexibility index (Phi) is 4.88. The zero-order valence-corrected chi connectivity index (χ0v) is 12.9. The highest BCUT2D eigenvalue weighted by atomic mass is 16.2. The third-order valence-corrected chi connectivity index (χ3v) is 4.85. The molecule has 0 spiro atoms. The Balaban J connectivity index is 1.81. The Labute approximate surface area is 118 Å². The lowest BCUT2D eigenvalue weighted by Crippen LogP contribution is -2.47. The van der Waals surface area contributed by atoms with Crippen LogP contribution in [0.3, 0.4) is 0 Å². The zero-order chi connectivity index (χ0) is 13.9. The van der Waals surface area contributed by atoms with Crippen molar-refractivity contribution in [3.05, 3.63) is 0 Å². The van der Waals surface area contributed by atoms with Crippen LogP contribution in [0.1, 0.15) is 65.7 Å². The quantitative estimate of drug-likeness (QED) is 0.797. The van der Waals surface area contributed by atoms with Crippen molar-refractivity contribution < 1.29 is 4.79 Å². The molecule has 1 aliphatic heterocycles. The molecule has 110 valence electrons. The molecule has 0 bridgehead atoms. The minimum Gasteiger partial charge on any atom is -0.341 e. The third-order valence-electron chi connectivity index (χ3n) is 4.85. The number of hydrogen-bond donors (Lipinski definition) is 1. The van der Waals surface area contributed by atoms with Crippen LogP contribution in [0, 0.1) is 5.41 Å². The molecule has 2 atom stereocenters. The number of hydrogen-bond acceptors (Lipinski definition) is 2. The average molecular weight is 266 g/mol. The molecule has 0 aromatic carbocycles. The second-order valence-corrected chi connectivity index (χ2v) is 7.21. The summed E-state index contributed by atoms with van der Waals surface area (Å²) in [6, 6.07) is 0.521. The van der Waals surface area contributed by atoms with Crippen molar-refractivity contribution in [1.29, 1.82) is 0 Å². The summed E-state index contributed by atoms with van der Waals surface area (Å²) in [6.07, 6.45) is 8.67. The molecule has 0 aromatic rings. The number of nitrogens with one attached hydrogen (secondary N) is 1. The van der Waals surface area contributed by atoms with E-state index < -0.39 is 0 Å². The summed E-state index contributed by atoms with van der Waals surface area (Å²) < 4.78 is 0. The van der Waals surface area contributed by atoms with Gasteiger partial charge in [0.2, 0.25) is 5.91 Å². The van der Waals surface area contributed by atoms with Crippen LogP contribution in [0.2, 0.25) is 0 Å². The number of likely N-dealkylation sites (tertiary alicyclic amines) is 1. The monoisotopic (exact) mass is 266 g/mol. The average Bonchev–Trinajstić information content (AvgIpc) is 2.82. The first-order valence-electron chi connectivity index (χ1n) is 8.03. The van der Waals surface area contributed by atoms with Crippen molar-refractivity contribution in [2.75, 3.05) is 13.1 Å². The van der Waals surface area contributed by atoms with Gasteiger partial charge in [-0.15, -0.1) is 0 Å². The number of carbonyl (C=O) groups excluding carboxylic acids is 1. The lowest BCUT2D eigenvalue weighted by Gasteiger charge is -2.26. The first-order valence-corrected chi connectivity index (χ1v) is 8.03. The summed E-state index contributed by atoms with van der Waals surface area (Å²) in [7, 11) is 0. The van der Waals surface area contributed by atoms with E-state index in [0.717, 1.165) is 13.1 Å². The van der Waals surface area contributed by atoms with Crippen LogP contribution in [-0.4, -0.2) is 36.0 Å². The molecule has 0 aromatic heterocycles. The van der Waals surface area contributed by atoms with E-state index >= 15 is 0 Å². The number of nitrogens with zero attached hydrogens (tertiary/aromatic N) is 1. The topological polar surface area (TPSA) is 32.3 Å². The molecule has 1 saturated carbocycles. The van der Waals surface area contributed by atoms with Crippen molar-refractivity contribution in [1.82, 2.24) is 10.2 Å². The lowest BCUT2D eigenvalue weighted by atomic mass is 9.85. The molecule has 1 heterocycles. The highest BCUT2D eigenvalue weighted by molar-refractivity contribution is 5.81. The first-order chi connectivity index (χ1) is 8.98. The fourth-order valence-corrected chi connectivity index (χ4v) is 3.46. The van der Waals surface area contributed by atoms with Crippen LogP contribution in [-0.2, 0) is 4.79 Å². The highest BCUT2D eigenvalue weighted by Gasteiger charge is 2.28. The van der Waals surface area contributed by atoms with Crippen molar-refractivity contribution in [2.45, 2.75) is 77.8 Å². The molecular formula is C16H30N2O. The molecule has 2 unspecified atom stereocenters. The van der Waals surface area contributed by atoms with Gasteiger partial charge in [0.15, 0.2) is 0 Å². The Morgan fingerprint density at radius 3 is 2.53 bits per heavy atom. The van der Waals surface area contributed by atoms with Gasteiger partial charge in [0, 0.05) is 19.1 Å². The van der Waals surface area contributed by atoms with Crippen LogP contribution in [0.5, 0.6) is 0 Å². The van der Waals surface area contributed by atoms with Gasteiger partial charge < -0.3 is 10.2 Å². The van der Waals surface area contributed by atoms with Crippen LogP contribution in [0.25, 0.3) is 0 Å². The molecule has 3 heteroatoms. The molecule has 2 fully saturated rings. The standard InChI is InChI=1S/C16H30N2O/c1-13(15(19)18-11-4-5-12-18)17-14-7-6-9-16(2,3)10-8-14/h13-14,17H,4-12H2,1-3H3. The molecule has 2 rings (SSSR count). The van der Waals surface area contributed by atoms with Crippen molar-refractivity contribution in [3.8, 4) is 0 Å². The van der Waals surface area contributed by atoms with Crippen molar-refractivity contribution in [2.24, 2.45) is 5.41 Å². The van der Waals surface area contributed by atoms with E-state index in [1.165, 1.54) is 44.9 Å². The minimum absolute atomic E-state index is 0.00990. The van der Waals surface area contributed by atoms with Crippen LogP contribution < -0.4 is 5.32 Å². The molecule has 1 aliphatic carbocycles. The molecule has 1 N–H and O–H groups in total. The van der Waals surface area contributed by atoms with E-state index in [-0.39, 0.29) is 6.04 Å². The molecule has 2 aliphatic rings. The van der Waals surface area contributed by atoms with E-state index in [2.05, 4.69) is 19.2 Å². The van der Waals surface area contributed by atoms with E-state index in [0.29, 0.717) is 17.4 Å². The molecule has 3 nitrogen and oxygen atoms in total. The summed E-state index contributed by atoms with van der Waals surface area (Å²) in [6.45, 7) is 8.70. The lowest BCUT2D eigenvalue weighted by molar-refractivity contribution is -0.132. The summed E-state index contributed by atoms with van der Waals surface area (Å²) in [5.74, 6) is 0.306.